The first-order valence-electron chi connectivity index (χ1n) is 7.64. The van der Waals surface area contributed by atoms with Crippen LogP contribution in [-0.4, -0.2) is 50.3 Å². The smallest absolute Gasteiger partial charge is 0.161 e. The van der Waals surface area contributed by atoms with Gasteiger partial charge in [0.2, 0.25) is 0 Å². The van der Waals surface area contributed by atoms with Gasteiger partial charge in [-0.05, 0) is 32.0 Å². The summed E-state index contributed by atoms with van der Waals surface area (Å²) >= 11 is 0. The van der Waals surface area contributed by atoms with Gasteiger partial charge in [-0.25, -0.2) is 0 Å². The standard InChI is InChI=1S/C16H26N2O2/c1-3-9-18(14-12-17-13-14)10-11-20-16-8-6-5-7-15(16)19-4-2/h5-8,14,17H,3-4,9-13H2,1-2H3. The van der Waals surface area contributed by atoms with Gasteiger partial charge in [-0.15, -0.1) is 0 Å². The third-order valence-corrected chi connectivity index (χ3v) is 3.57. The summed E-state index contributed by atoms with van der Waals surface area (Å²) in [6, 6.07) is 8.57. The lowest BCUT2D eigenvalue weighted by Crippen LogP contribution is -2.58. The molecule has 1 aromatic carbocycles. The molecule has 0 atom stereocenters. The van der Waals surface area contributed by atoms with Crippen LogP contribution in [0.3, 0.4) is 0 Å². The molecule has 0 amide bonds. The van der Waals surface area contributed by atoms with E-state index in [0.717, 1.165) is 37.7 Å². The summed E-state index contributed by atoms with van der Waals surface area (Å²) in [4.78, 5) is 2.51. The van der Waals surface area contributed by atoms with E-state index in [1.54, 1.807) is 0 Å². The van der Waals surface area contributed by atoms with E-state index in [1.807, 2.05) is 31.2 Å². The molecule has 0 radical (unpaired) electrons. The lowest BCUT2D eigenvalue weighted by molar-refractivity contribution is 0.121. The summed E-state index contributed by atoms with van der Waals surface area (Å²) in [6.07, 6.45) is 1.19. The van der Waals surface area contributed by atoms with Gasteiger partial charge >= 0.3 is 0 Å². The van der Waals surface area contributed by atoms with Crippen LogP contribution >= 0.6 is 0 Å². The lowest BCUT2D eigenvalue weighted by atomic mass is 10.1. The quantitative estimate of drug-likeness (QED) is 0.750. The molecular weight excluding hydrogens is 252 g/mol. The molecule has 1 saturated heterocycles. The SMILES string of the molecule is CCCN(CCOc1ccccc1OCC)C1CNC1. The van der Waals surface area contributed by atoms with Crippen molar-refractivity contribution in [2.24, 2.45) is 0 Å². The number of hydrogen-bond acceptors (Lipinski definition) is 4. The van der Waals surface area contributed by atoms with Gasteiger partial charge < -0.3 is 14.8 Å². The van der Waals surface area contributed by atoms with Gasteiger partial charge in [-0.2, -0.15) is 0 Å². The second-order valence-corrected chi connectivity index (χ2v) is 5.08. The van der Waals surface area contributed by atoms with Gasteiger partial charge in [0.05, 0.1) is 6.61 Å². The Morgan fingerprint density at radius 2 is 1.80 bits per heavy atom. The Labute approximate surface area is 122 Å². The summed E-state index contributed by atoms with van der Waals surface area (Å²) in [5.41, 5.74) is 0. The Bertz CT molecular complexity index is 394. The van der Waals surface area contributed by atoms with Crippen LogP contribution in [-0.2, 0) is 0 Å². The van der Waals surface area contributed by atoms with Crippen LogP contribution in [0.4, 0.5) is 0 Å². The summed E-state index contributed by atoms with van der Waals surface area (Å²) in [6.45, 7) is 9.92. The number of nitrogens with one attached hydrogen (secondary N) is 1. The van der Waals surface area contributed by atoms with E-state index in [1.165, 1.54) is 6.42 Å². The Hall–Kier alpha value is -1.26. The van der Waals surface area contributed by atoms with Crippen molar-refractivity contribution in [3.05, 3.63) is 24.3 Å². The molecule has 0 aliphatic carbocycles. The Kier molecular flexibility index (Phi) is 6.15. The Balaban J connectivity index is 1.81. The molecule has 4 heteroatoms. The summed E-state index contributed by atoms with van der Waals surface area (Å²) in [5.74, 6) is 1.68. The molecule has 1 aromatic rings. The van der Waals surface area contributed by atoms with E-state index >= 15 is 0 Å². The molecule has 2 rings (SSSR count). The molecule has 4 nitrogen and oxygen atoms in total. The third kappa shape index (κ3) is 4.12. The third-order valence-electron chi connectivity index (χ3n) is 3.57. The van der Waals surface area contributed by atoms with Crippen molar-refractivity contribution in [3.8, 4) is 11.5 Å². The summed E-state index contributed by atoms with van der Waals surface area (Å²) < 4.78 is 11.5. The zero-order chi connectivity index (χ0) is 14.2. The maximum absolute atomic E-state index is 5.90. The first-order valence-corrected chi connectivity index (χ1v) is 7.64. The van der Waals surface area contributed by atoms with Crippen LogP contribution in [0, 0.1) is 0 Å². The number of para-hydroxylation sites is 2. The van der Waals surface area contributed by atoms with Crippen molar-refractivity contribution in [1.82, 2.24) is 10.2 Å². The molecule has 1 aliphatic rings. The van der Waals surface area contributed by atoms with Crippen molar-refractivity contribution in [2.75, 3.05) is 39.4 Å². The Morgan fingerprint density at radius 3 is 2.35 bits per heavy atom. The minimum atomic E-state index is 0.663. The molecule has 1 fully saturated rings. The molecule has 112 valence electrons. The van der Waals surface area contributed by atoms with Crippen molar-refractivity contribution in [3.63, 3.8) is 0 Å². The normalized spacial score (nSPS) is 15.2. The highest BCUT2D eigenvalue weighted by molar-refractivity contribution is 5.39. The van der Waals surface area contributed by atoms with Gasteiger partial charge in [0.1, 0.15) is 6.61 Å². The van der Waals surface area contributed by atoms with E-state index in [2.05, 4.69) is 17.1 Å². The molecule has 1 aliphatic heterocycles. The van der Waals surface area contributed by atoms with Gasteiger partial charge in [-0.3, -0.25) is 4.90 Å². The largest absolute Gasteiger partial charge is 0.490 e. The predicted octanol–water partition coefficient (Wildman–Crippen LogP) is 2.15. The highest BCUT2D eigenvalue weighted by atomic mass is 16.5. The fourth-order valence-electron chi connectivity index (χ4n) is 2.41. The molecular formula is C16H26N2O2. The van der Waals surface area contributed by atoms with Crippen LogP contribution < -0.4 is 14.8 Å². The molecule has 1 N–H and O–H groups in total. The first kappa shape index (κ1) is 15.1. The first-order chi connectivity index (χ1) is 9.85. The second-order valence-electron chi connectivity index (χ2n) is 5.08. The van der Waals surface area contributed by atoms with Crippen molar-refractivity contribution in [2.45, 2.75) is 26.3 Å². The van der Waals surface area contributed by atoms with Crippen molar-refractivity contribution < 1.29 is 9.47 Å². The molecule has 20 heavy (non-hydrogen) atoms. The monoisotopic (exact) mass is 278 g/mol. The topological polar surface area (TPSA) is 33.7 Å². The van der Waals surface area contributed by atoms with E-state index in [0.29, 0.717) is 19.3 Å². The maximum atomic E-state index is 5.90. The molecule has 1 heterocycles. The van der Waals surface area contributed by atoms with Crippen LogP contribution in [0.1, 0.15) is 20.3 Å². The van der Waals surface area contributed by atoms with Crippen LogP contribution in [0.5, 0.6) is 11.5 Å². The van der Waals surface area contributed by atoms with E-state index in [9.17, 15) is 0 Å². The molecule has 0 saturated carbocycles. The molecule has 0 spiro atoms. The number of hydrogen-bond donors (Lipinski definition) is 1. The minimum absolute atomic E-state index is 0.663. The number of ether oxygens (including phenoxy) is 2. The van der Waals surface area contributed by atoms with Gasteiger partial charge in [0, 0.05) is 25.7 Å². The summed E-state index contributed by atoms with van der Waals surface area (Å²) in [7, 11) is 0. The van der Waals surface area contributed by atoms with Gasteiger partial charge in [-0.1, -0.05) is 19.1 Å². The summed E-state index contributed by atoms with van der Waals surface area (Å²) in [5, 5.41) is 3.33. The van der Waals surface area contributed by atoms with Crippen LogP contribution in [0.2, 0.25) is 0 Å². The van der Waals surface area contributed by atoms with E-state index < -0.39 is 0 Å². The molecule has 0 unspecified atom stereocenters. The van der Waals surface area contributed by atoms with E-state index in [-0.39, 0.29) is 0 Å². The molecule has 0 aromatic heterocycles. The lowest BCUT2D eigenvalue weighted by Gasteiger charge is -2.38. The Morgan fingerprint density at radius 1 is 1.10 bits per heavy atom. The minimum Gasteiger partial charge on any atom is -0.490 e. The zero-order valence-electron chi connectivity index (χ0n) is 12.6. The number of nitrogens with zero attached hydrogens (tertiary/aromatic N) is 1. The van der Waals surface area contributed by atoms with Crippen LogP contribution in [0.25, 0.3) is 0 Å². The van der Waals surface area contributed by atoms with Gasteiger partial charge in [0.15, 0.2) is 11.5 Å². The maximum Gasteiger partial charge on any atom is 0.161 e. The fourth-order valence-corrected chi connectivity index (χ4v) is 2.41. The number of rotatable bonds is 9. The van der Waals surface area contributed by atoms with Crippen molar-refractivity contribution in [1.29, 1.82) is 0 Å². The predicted molar refractivity (Wildman–Crippen MR) is 81.6 cm³/mol. The highest BCUT2D eigenvalue weighted by Gasteiger charge is 2.23. The van der Waals surface area contributed by atoms with Crippen molar-refractivity contribution >= 4 is 0 Å². The fraction of sp³-hybridized carbons (Fsp3) is 0.625. The zero-order valence-corrected chi connectivity index (χ0v) is 12.6. The van der Waals surface area contributed by atoms with Gasteiger partial charge in [0.25, 0.3) is 0 Å². The highest BCUT2D eigenvalue weighted by Crippen LogP contribution is 2.26. The van der Waals surface area contributed by atoms with Crippen LogP contribution in [0.15, 0.2) is 24.3 Å². The molecule has 0 bridgehead atoms. The second kappa shape index (κ2) is 8.12. The average Bonchev–Trinajstić information content (AvgIpc) is 2.39. The van der Waals surface area contributed by atoms with E-state index in [4.69, 9.17) is 9.47 Å². The number of benzene rings is 1. The average molecular weight is 278 g/mol.